The summed E-state index contributed by atoms with van der Waals surface area (Å²) in [6.45, 7) is 5.83. The third-order valence-electron chi connectivity index (χ3n) is 4.38. The summed E-state index contributed by atoms with van der Waals surface area (Å²) in [4.78, 5) is 25.5. The summed E-state index contributed by atoms with van der Waals surface area (Å²) in [5.74, 6) is -0.596. The standard InChI is InChI=1S/C21H20N2O3/c1-13-10-14(2)15(3)17(11-13)19(24)18-12-22-23(4)20(18)26-21(25)16-8-6-5-7-9-16/h5-12H,1-4H3. The topological polar surface area (TPSA) is 61.2 Å². The molecule has 0 bridgehead atoms. The quantitative estimate of drug-likeness (QED) is 0.531. The summed E-state index contributed by atoms with van der Waals surface area (Å²) in [6.07, 6.45) is 1.44. The molecule has 3 rings (SSSR count). The van der Waals surface area contributed by atoms with Crippen LogP contribution in [0.5, 0.6) is 5.88 Å². The van der Waals surface area contributed by atoms with Crippen LogP contribution in [0, 0.1) is 20.8 Å². The van der Waals surface area contributed by atoms with Crippen molar-refractivity contribution in [1.82, 2.24) is 9.78 Å². The van der Waals surface area contributed by atoms with Crippen LogP contribution in [0.2, 0.25) is 0 Å². The Bertz CT molecular complexity index is 988. The monoisotopic (exact) mass is 348 g/mol. The zero-order valence-corrected chi connectivity index (χ0v) is 15.2. The molecule has 0 unspecified atom stereocenters. The van der Waals surface area contributed by atoms with Crippen LogP contribution in [-0.2, 0) is 7.05 Å². The Morgan fingerprint density at radius 1 is 1.00 bits per heavy atom. The molecule has 0 amide bonds. The molecule has 0 N–H and O–H groups in total. The first-order valence-corrected chi connectivity index (χ1v) is 8.30. The number of benzene rings is 2. The number of hydrogen-bond donors (Lipinski definition) is 0. The Balaban J connectivity index is 1.98. The van der Waals surface area contributed by atoms with E-state index in [9.17, 15) is 9.59 Å². The molecule has 0 saturated carbocycles. The Hall–Kier alpha value is -3.21. The van der Waals surface area contributed by atoms with E-state index in [1.165, 1.54) is 10.9 Å². The van der Waals surface area contributed by atoms with Crippen molar-refractivity contribution < 1.29 is 14.3 Å². The Kier molecular flexibility index (Phi) is 4.71. The lowest BCUT2D eigenvalue weighted by atomic mass is 9.95. The van der Waals surface area contributed by atoms with E-state index >= 15 is 0 Å². The zero-order chi connectivity index (χ0) is 18.8. The Morgan fingerprint density at radius 3 is 2.38 bits per heavy atom. The third kappa shape index (κ3) is 3.28. The van der Waals surface area contributed by atoms with Crippen LogP contribution >= 0.6 is 0 Å². The number of hydrogen-bond acceptors (Lipinski definition) is 4. The largest absolute Gasteiger partial charge is 0.403 e. The number of aryl methyl sites for hydroxylation is 3. The van der Waals surface area contributed by atoms with E-state index in [1.807, 2.05) is 39.0 Å². The average molecular weight is 348 g/mol. The van der Waals surface area contributed by atoms with Crippen LogP contribution in [0.3, 0.4) is 0 Å². The zero-order valence-electron chi connectivity index (χ0n) is 15.2. The molecule has 0 atom stereocenters. The predicted molar refractivity (Wildman–Crippen MR) is 98.7 cm³/mol. The minimum Gasteiger partial charge on any atom is -0.403 e. The maximum atomic E-state index is 13.1. The van der Waals surface area contributed by atoms with E-state index in [1.54, 1.807) is 31.3 Å². The van der Waals surface area contributed by atoms with Gasteiger partial charge in [0.1, 0.15) is 5.56 Å². The maximum Gasteiger partial charge on any atom is 0.344 e. The summed E-state index contributed by atoms with van der Waals surface area (Å²) in [6, 6.07) is 12.5. The lowest BCUT2D eigenvalue weighted by Crippen LogP contribution is -2.14. The first-order valence-electron chi connectivity index (χ1n) is 8.30. The number of carbonyl (C=O) groups is 2. The molecule has 5 heteroatoms. The van der Waals surface area contributed by atoms with Gasteiger partial charge in [-0.3, -0.25) is 4.79 Å². The highest BCUT2D eigenvalue weighted by Gasteiger charge is 2.23. The minimum absolute atomic E-state index is 0.141. The van der Waals surface area contributed by atoms with Gasteiger partial charge in [-0.15, -0.1) is 0 Å². The third-order valence-corrected chi connectivity index (χ3v) is 4.38. The van der Waals surface area contributed by atoms with E-state index in [4.69, 9.17) is 4.74 Å². The van der Waals surface area contributed by atoms with Crippen molar-refractivity contribution in [3.8, 4) is 5.88 Å². The number of ketones is 1. The van der Waals surface area contributed by atoms with Crippen LogP contribution in [0.1, 0.15) is 43.0 Å². The van der Waals surface area contributed by atoms with Gasteiger partial charge in [0.15, 0.2) is 5.78 Å². The molecule has 0 radical (unpaired) electrons. The van der Waals surface area contributed by atoms with Gasteiger partial charge in [0, 0.05) is 12.6 Å². The number of ether oxygens (including phenoxy) is 1. The second-order valence-corrected chi connectivity index (χ2v) is 6.33. The average Bonchev–Trinajstić information content (AvgIpc) is 2.99. The molecule has 0 aliphatic heterocycles. The van der Waals surface area contributed by atoms with Gasteiger partial charge in [-0.1, -0.05) is 29.8 Å². The molecule has 1 aromatic heterocycles. The number of aromatic nitrogens is 2. The van der Waals surface area contributed by atoms with Crippen LogP contribution in [0.4, 0.5) is 0 Å². The number of rotatable bonds is 4. The van der Waals surface area contributed by atoms with E-state index in [2.05, 4.69) is 5.10 Å². The molecule has 132 valence electrons. The molecule has 0 aliphatic rings. The summed E-state index contributed by atoms with van der Waals surface area (Å²) in [7, 11) is 1.64. The van der Waals surface area contributed by atoms with Crippen molar-refractivity contribution >= 4 is 11.8 Å². The predicted octanol–water partition coefficient (Wildman–Crippen LogP) is 3.80. The highest BCUT2D eigenvalue weighted by molar-refractivity contribution is 6.12. The number of carbonyl (C=O) groups excluding carboxylic acids is 2. The summed E-state index contributed by atoms with van der Waals surface area (Å²) in [5.41, 5.74) is 4.22. The lowest BCUT2D eigenvalue weighted by Gasteiger charge is -2.11. The second kappa shape index (κ2) is 6.96. The van der Waals surface area contributed by atoms with Gasteiger partial charge in [-0.2, -0.15) is 5.10 Å². The molecule has 5 nitrogen and oxygen atoms in total. The van der Waals surface area contributed by atoms with Crippen LogP contribution in [0.25, 0.3) is 0 Å². The fourth-order valence-corrected chi connectivity index (χ4v) is 2.84. The molecule has 2 aromatic carbocycles. The SMILES string of the molecule is Cc1cc(C)c(C)c(C(=O)c2cnn(C)c2OC(=O)c2ccccc2)c1. The van der Waals surface area contributed by atoms with Gasteiger partial charge in [-0.05, 0) is 50.1 Å². The van der Waals surface area contributed by atoms with Crippen molar-refractivity contribution in [1.29, 1.82) is 0 Å². The molecule has 0 spiro atoms. The fraction of sp³-hybridized carbons (Fsp3) is 0.190. The molecular formula is C21H20N2O3. The van der Waals surface area contributed by atoms with E-state index < -0.39 is 5.97 Å². The first-order chi connectivity index (χ1) is 12.4. The van der Waals surface area contributed by atoms with Crippen LogP contribution < -0.4 is 4.74 Å². The maximum absolute atomic E-state index is 13.1. The van der Waals surface area contributed by atoms with Crippen molar-refractivity contribution in [2.75, 3.05) is 0 Å². The first kappa shape index (κ1) is 17.6. The lowest BCUT2D eigenvalue weighted by molar-refractivity contribution is 0.0718. The highest BCUT2D eigenvalue weighted by atomic mass is 16.5. The Labute approximate surface area is 152 Å². The van der Waals surface area contributed by atoms with Gasteiger partial charge < -0.3 is 4.74 Å². The molecule has 1 heterocycles. The highest BCUT2D eigenvalue weighted by Crippen LogP contribution is 2.25. The van der Waals surface area contributed by atoms with Gasteiger partial charge in [-0.25, -0.2) is 9.48 Å². The van der Waals surface area contributed by atoms with Gasteiger partial charge >= 0.3 is 5.97 Å². The van der Waals surface area contributed by atoms with Crippen LogP contribution in [-0.4, -0.2) is 21.5 Å². The summed E-state index contributed by atoms with van der Waals surface area (Å²) < 4.78 is 6.88. The summed E-state index contributed by atoms with van der Waals surface area (Å²) in [5, 5.41) is 4.10. The molecule has 0 saturated heterocycles. The van der Waals surface area contributed by atoms with Crippen molar-refractivity contribution in [2.45, 2.75) is 20.8 Å². The van der Waals surface area contributed by atoms with Crippen molar-refractivity contribution in [2.24, 2.45) is 7.05 Å². The van der Waals surface area contributed by atoms with E-state index in [0.717, 1.165) is 16.7 Å². The van der Waals surface area contributed by atoms with E-state index in [0.29, 0.717) is 11.1 Å². The van der Waals surface area contributed by atoms with Gasteiger partial charge in [0.25, 0.3) is 0 Å². The van der Waals surface area contributed by atoms with Crippen molar-refractivity contribution in [3.63, 3.8) is 0 Å². The molecule has 26 heavy (non-hydrogen) atoms. The normalized spacial score (nSPS) is 10.6. The molecule has 3 aromatic rings. The molecular weight excluding hydrogens is 328 g/mol. The summed E-state index contributed by atoms with van der Waals surface area (Å²) >= 11 is 0. The second-order valence-electron chi connectivity index (χ2n) is 6.33. The van der Waals surface area contributed by atoms with E-state index in [-0.39, 0.29) is 17.2 Å². The van der Waals surface area contributed by atoms with Crippen LogP contribution in [0.15, 0.2) is 48.7 Å². The van der Waals surface area contributed by atoms with Crippen molar-refractivity contribution in [3.05, 3.63) is 82.0 Å². The fourth-order valence-electron chi connectivity index (χ4n) is 2.84. The Morgan fingerprint density at radius 2 is 1.69 bits per heavy atom. The van der Waals surface area contributed by atoms with Gasteiger partial charge in [0.2, 0.25) is 5.88 Å². The number of esters is 1. The molecule has 0 fully saturated rings. The minimum atomic E-state index is -0.527. The number of nitrogens with zero attached hydrogens (tertiary/aromatic N) is 2. The van der Waals surface area contributed by atoms with Gasteiger partial charge in [0.05, 0.1) is 11.8 Å². The smallest absolute Gasteiger partial charge is 0.344 e. The molecule has 0 aliphatic carbocycles.